The van der Waals surface area contributed by atoms with E-state index in [1.807, 2.05) is 49.5 Å². The molecule has 5 rings (SSSR count). The molecule has 0 aliphatic carbocycles. The molecule has 7 nitrogen and oxygen atoms in total. The van der Waals surface area contributed by atoms with Gasteiger partial charge in [0, 0.05) is 37.1 Å². The fourth-order valence-electron chi connectivity index (χ4n) is 4.52. The molecule has 0 atom stereocenters. The number of hydrogen-bond donors (Lipinski definition) is 1. The first-order valence-corrected chi connectivity index (χ1v) is 11.7. The molecule has 0 unspecified atom stereocenters. The summed E-state index contributed by atoms with van der Waals surface area (Å²) in [6.45, 7) is 7.23. The van der Waals surface area contributed by atoms with E-state index in [2.05, 4.69) is 40.5 Å². The molecular formula is C27H29N5O2. The highest BCUT2D eigenvalue weighted by Gasteiger charge is 2.26. The lowest BCUT2D eigenvalue weighted by molar-refractivity contribution is -0.121. The fourth-order valence-corrected chi connectivity index (χ4v) is 4.52. The van der Waals surface area contributed by atoms with Crippen LogP contribution in [0.3, 0.4) is 0 Å². The number of amides is 1. The molecule has 0 fully saturated rings. The highest BCUT2D eigenvalue weighted by molar-refractivity contribution is 5.98. The third-order valence-corrected chi connectivity index (χ3v) is 6.30. The maximum absolute atomic E-state index is 12.4. The maximum atomic E-state index is 12.4. The van der Waals surface area contributed by atoms with Crippen molar-refractivity contribution < 1.29 is 9.53 Å². The van der Waals surface area contributed by atoms with Gasteiger partial charge in [0.1, 0.15) is 11.4 Å². The number of aromatic nitrogens is 2. The largest absolute Gasteiger partial charge is 0.482 e. The number of carbonyl (C=O) groups is 1. The highest BCUT2D eigenvalue weighted by atomic mass is 16.5. The molecular weight excluding hydrogens is 426 g/mol. The molecule has 1 aliphatic heterocycles. The van der Waals surface area contributed by atoms with Gasteiger partial charge in [-0.25, -0.2) is 4.98 Å². The number of anilines is 2. The van der Waals surface area contributed by atoms with E-state index in [1.54, 1.807) is 4.90 Å². The minimum Gasteiger partial charge on any atom is -0.482 e. The Balaban J connectivity index is 1.59. The minimum absolute atomic E-state index is 0.0323. The van der Waals surface area contributed by atoms with Gasteiger partial charge < -0.3 is 19.8 Å². The van der Waals surface area contributed by atoms with E-state index in [1.165, 1.54) is 5.56 Å². The van der Waals surface area contributed by atoms with Crippen LogP contribution in [0.5, 0.6) is 5.75 Å². The van der Waals surface area contributed by atoms with Crippen LogP contribution in [0.25, 0.3) is 16.9 Å². The van der Waals surface area contributed by atoms with Crippen molar-refractivity contribution in [1.82, 2.24) is 14.3 Å². The molecule has 7 heteroatoms. The summed E-state index contributed by atoms with van der Waals surface area (Å²) in [4.78, 5) is 21.5. The molecule has 34 heavy (non-hydrogen) atoms. The second-order valence-electron chi connectivity index (χ2n) is 8.50. The van der Waals surface area contributed by atoms with Crippen molar-refractivity contribution >= 4 is 22.9 Å². The average molecular weight is 456 g/mol. The fraction of sp³-hybridized carbons (Fsp3) is 0.259. The minimum atomic E-state index is -0.0323. The Hall–Kier alpha value is -3.84. The number of benzene rings is 2. The first-order chi connectivity index (χ1) is 16.6. The average Bonchev–Trinajstić information content (AvgIpc) is 3.21. The monoisotopic (exact) mass is 455 g/mol. The van der Waals surface area contributed by atoms with Crippen molar-refractivity contribution in [1.29, 1.82) is 0 Å². The Morgan fingerprint density at radius 1 is 1.06 bits per heavy atom. The van der Waals surface area contributed by atoms with Gasteiger partial charge >= 0.3 is 0 Å². The Kier molecular flexibility index (Phi) is 5.94. The number of hydrogen-bond acceptors (Lipinski definition) is 5. The zero-order valence-corrected chi connectivity index (χ0v) is 19.6. The smallest absolute Gasteiger partial charge is 0.265 e. The van der Waals surface area contributed by atoms with Gasteiger partial charge in [-0.1, -0.05) is 37.3 Å². The summed E-state index contributed by atoms with van der Waals surface area (Å²) in [5.74, 6) is 0.689. The SMILES string of the molecule is CCN(Cc1ccccc1)Cc1c(-c2ccc3c(c2)N(CC)C(=O)CO3)nc2ccc(N)cn12. The van der Waals surface area contributed by atoms with Crippen LogP contribution in [-0.2, 0) is 17.9 Å². The standard InChI is InChI=1S/C27H29N5O2/c1-3-30(15-19-8-6-5-7-9-19)17-23-27(29-25-13-11-21(28)16-32(23)25)20-10-12-24-22(14-20)31(4-2)26(33)18-34-24/h5-14,16H,3-4,15,17-18,28H2,1-2H3. The number of rotatable bonds is 7. The molecule has 0 saturated carbocycles. The molecule has 0 saturated heterocycles. The van der Waals surface area contributed by atoms with Crippen molar-refractivity contribution in [3.8, 4) is 17.0 Å². The Morgan fingerprint density at radius 3 is 2.65 bits per heavy atom. The number of nitrogen functional groups attached to an aromatic ring is 1. The van der Waals surface area contributed by atoms with E-state index in [9.17, 15) is 4.79 Å². The predicted octanol–water partition coefficient (Wildman–Crippen LogP) is 4.35. The van der Waals surface area contributed by atoms with Crippen LogP contribution >= 0.6 is 0 Å². The summed E-state index contributed by atoms with van der Waals surface area (Å²) in [5.41, 5.74) is 12.6. The van der Waals surface area contributed by atoms with Gasteiger partial charge in [0.15, 0.2) is 6.61 Å². The second-order valence-corrected chi connectivity index (χ2v) is 8.50. The zero-order chi connectivity index (χ0) is 23.7. The third-order valence-electron chi connectivity index (χ3n) is 6.30. The number of fused-ring (bicyclic) bond motifs is 2. The van der Waals surface area contributed by atoms with Gasteiger partial charge in [-0.3, -0.25) is 9.69 Å². The Morgan fingerprint density at radius 2 is 1.88 bits per heavy atom. The van der Waals surface area contributed by atoms with Gasteiger partial charge in [0.25, 0.3) is 5.91 Å². The quantitative estimate of drug-likeness (QED) is 0.448. The lowest BCUT2D eigenvalue weighted by atomic mass is 10.1. The van der Waals surface area contributed by atoms with Crippen LogP contribution in [0.4, 0.5) is 11.4 Å². The summed E-state index contributed by atoms with van der Waals surface area (Å²) < 4.78 is 7.75. The number of likely N-dealkylation sites (N-methyl/N-ethyl adjacent to an activating group) is 1. The number of nitrogens with two attached hydrogens (primary N) is 1. The van der Waals surface area contributed by atoms with E-state index >= 15 is 0 Å². The van der Waals surface area contributed by atoms with Crippen LogP contribution < -0.4 is 15.4 Å². The lowest BCUT2D eigenvalue weighted by Crippen LogP contribution is -2.38. The lowest BCUT2D eigenvalue weighted by Gasteiger charge is -2.28. The number of ether oxygens (including phenoxy) is 1. The molecule has 0 bridgehead atoms. The molecule has 0 spiro atoms. The van der Waals surface area contributed by atoms with Crippen LogP contribution in [0.1, 0.15) is 25.1 Å². The molecule has 4 aromatic rings. The van der Waals surface area contributed by atoms with Gasteiger partial charge in [-0.2, -0.15) is 0 Å². The number of carbonyl (C=O) groups excluding carboxylic acids is 1. The third kappa shape index (κ3) is 4.10. The molecule has 2 aromatic heterocycles. The van der Waals surface area contributed by atoms with E-state index in [0.29, 0.717) is 18.8 Å². The summed E-state index contributed by atoms with van der Waals surface area (Å²) in [6, 6.07) is 20.3. The molecule has 1 amide bonds. The van der Waals surface area contributed by atoms with Crippen molar-refractivity contribution in [3.63, 3.8) is 0 Å². The second kappa shape index (κ2) is 9.19. The first-order valence-electron chi connectivity index (χ1n) is 11.7. The zero-order valence-electron chi connectivity index (χ0n) is 19.6. The van der Waals surface area contributed by atoms with Crippen LogP contribution in [0.15, 0.2) is 66.9 Å². The molecule has 174 valence electrons. The van der Waals surface area contributed by atoms with Gasteiger partial charge in [0.2, 0.25) is 0 Å². The Bertz CT molecular complexity index is 1330. The summed E-state index contributed by atoms with van der Waals surface area (Å²) in [5, 5.41) is 0. The van der Waals surface area contributed by atoms with Crippen LogP contribution in [0.2, 0.25) is 0 Å². The van der Waals surface area contributed by atoms with Gasteiger partial charge in [-0.05, 0) is 49.4 Å². The normalized spacial score (nSPS) is 13.4. The van der Waals surface area contributed by atoms with Crippen molar-refractivity contribution in [2.75, 3.05) is 30.3 Å². The summed E-state index contributed by atoms with van der Waals surface area (Å²) >= 11 is 0. The number of pyridine rings is 1. The Labute approximate surface area is 199 Å². The number of imidazole rings is 1. The summed E-state index contributed by atoms with van der Waals surface area (Å²) in [7, 11) is 0. The predicted molar refractivity (Wildman–Crippen MR) is 135 cm³/mol. The highest BCUT2D eigenvalue weighted by Crippen LogP contribution is 2.37. The van der Waals surface area contributed by atoms with Gasteiger partial charge in [-0.15, -0.1) is 0 Å². The van der Waals surface area contributed by atoms with Crippen molar-refractivity contribution in [2.24, 2.45) is 0 Å². The van der Waals surface area contributed by atoms with E-state index < -0.39 is 0 Å². The number of nitrogens with zero attached hydrogens (tertiary/aromatic N) is 4. The topological polar surface area (TPSA) is 76.1 Å². The van der Waals surface area contributed by atoms with Crippen LogP contribution in [-0.4, -0.2) is 39.9 Å². The maximum Gasteiger partial charge on any atom is 0.265 e. The molecule has 1 aliphatic rings. The first kappa shape index (κ1) is 22.0. The van der Waals surface area contributed by atoms with E-state index in [0.717, 1.165) is 47.1 Å². The molecule has 3 heterocycles. The van der Waals surface area contributed by atoms with Crippen LogP contribution in [0, 0.1) is 0 Å². The van der Waals surface area contributed by atoms with Gasteiger partial charge in [0.05, 0.1) is 17.1 Å². The summed E-state index contributed by atoms with van der Waals surface area (Å²) in [6.07, 6.45) is 1.93. The van der Waals surface area contributed by atoms with Crippen molar-refractivity contribution in [2.45, 2.75) is 26.9 Å². The van der Waals surface area contributed by atoms with Crippen molar-refractivity contribution in [3.05, 3.63) is 78.1 Å². The molecule has 2 aromatic carbocycles. The molecule has 2 N–H and O–H groups in total. The van der Waals surface area contributed by atoms with E-state index in [4.69, 9.17) is 15.5 Å². The molecule has 0 radical (unpaired) electrons. The van der Waals surface area contributed by atoms with E-state index in [-0.39, 0.29) is 12.5 Å².